The Kier molecular flexibility index (Phi) is 5.02. The summed E-state index contributed by atoms with van der Waals surface area (Å²) in [7, 11) is 0. The molecule has 0 unspecified atom stereocenters. The van der Waals surface area contributed by atoms with Gasteiger partial charge < -0.3 is 14.8 Å². The number of alkyl halides is 3. The summed E-state index contributed by atoms with van der Waals surface area (Å²) in [6.07, 6.45) is -3.71. The van der Waals surface area contributed by atoms with Crippen molar-refractivity contribution >= 4 is 5.82 Å². The van der Waals surface area contributed by atoms with Gasteiger partial charge in [0.25, 0.3) is 0 Å². The minimum absolute atomic E-state index is 0.0689. The summed E-state index contributed by atoms with van der Waals surface area (Å²) >= 11 is 0. The lowest BCUT2D eigenvalue weighted by Gasteiger charge is -2.11. The van der Waals surface area contributed by atoms with Crippen LogP contribution in [0.15, 0.2) is 47.4 Å². The van der Waals surface area contributed by atoms with Gasteiger partial charge in [0, 0.05) is 31.4 Å². The lowest BCUT2D eigenvalue weighted by atomic mass is 10.2. The molecule has 7 nitrogen and oxygen atoms in total. The number of anilines is 1. The number of hydrogen-bond donors (Lipinski definition) is 1. The van der Waals surface area contributed by atoms with Gasteiger partial charge in [0.1, 0.15) is 23.9 Å². The second-order valence-electron chi connectivity index (χ2n) is 6.37. The van der Waals surface area contributed by atoms with E-state index in [0.717, 1.165) is 12.3 Å². The second kappa shape index (κ2) is 7.65. The summed E-state index contributed by atoms with van der Waals surface area (Å²) in [5, 5.41) is 3.02. The van der Waals surface area contributed by atoms with E-state index in [1.165, 1.54) is 22.8 Å². The average molecular weight is 422 g/mol. The molecule has 1 N–H and O–H groups in total. The monoisotopic (exact) mass is 422 g/mol. The summed E-state index contributed by atoms with van der Waals surface area (Å²) in [5.41, 5.74) is -1.17. The minimum atomic E-state index is -4.64. The Balaban J connectivity index is 1.45. The number of nitrogens with zero attached hydrogens (tertiary/aromatic N) is 3. The Morgan fingerprint density at radius 1 is 1.17 bits per heavy atom. The van der Waals surface area contributed by atoms with Crippen molar-refractivity contribution in [2.75, 3.05) is 11.9 Å². The van der Waals surface area contributed by atoms with E-state index in [2.05, 4.69) is 15.3 Å². The highest BCUT2D eigenvalue weighted by molar-refractivity contribution is 5.41. The van der Waals surface area contributed by atoms with Crippen molar-refractivity contribution < 1.29 is 27.0 Å². The van der Waals surface area contributed by atoms with Crippen LogP contribution in [0, 0.1) is 5.82 Å². The van der Waals surface area contributed by atoms with Crippen LogP contribution in [0.4, 0.5) is 23.4 Å². The molecule has 0 saturated carbocycles. The first-order chi connectivity index (χ1) is 14.3. The highest BCUT2D eigenvalue weighted by atomic mass is 19.4. The molecule has 1 aliphatic heterocycles. The fourth-order valence-electron chi connectivity index (χ4n) is 2.85. The van der Waals surface area contributed by atoms with Gasteiger partial charge in [0.15, 0.2) is 11.6 Å². The van der Waals surface area contributed by atoms with E-state index < -0.39 is 23.4 Å². The predicted octanol–water partition coefficient (Wildman–Crippen LogP) is 3.59. The minimum Gasteiger partial charge on any atom is -0.473 e. The molecule has 3 aromatic rings. The summed E-state index contributed by atoms with van der Waals surface area (Å²) in [6, 6.07) is 7.33. The largest absolute Gasteiger partial charge is 0.473 e. The van der Waals surface area contributed by atoms with E-state index >= 15 is 0 Å². The van der Waals surface area contributed by atoms with Gasteiger partial charge in [-0.3, -0.25) is 9.55 Å². The summed E-state index contributed by atoms with van der Waals surface area (Å²) in [6.45, 7) is 1.08. The molecule has 0 amide bonds. The highest BCUT2D eigenvalue weighted by Crippen LogP contribution is 2.32. The van der Waals surface area contributed by atoms with E-state index in [-0.39, 0.29) is 24.0 Å². The molecule has 1 aliphatic rings. The molecule has 3 heterocycles. The summed E-state index contributed by atoms with van der Waals surface area (Å²) in [5.74, 6) is -0.551. The first-order valence-corrected chi connectivity index (χ1v) is 8.78. The van der Waals surface area contributed by atoms with Crippen LogP contribution in [0.3, 0.4) is 0 Å². The van der Waals surface area contributed by atoms with Crippen molar-refractivity contribution in [3.05, 3.63) is 70.2 Å². The lowest BCUT2D eigenvalue weighted by Crippen LogP contribution is -2.21. The molecule has 0 fully saturated rings. The van der Waals surface area contributed by atoms with Crippen molar-refractivity contribution in [3.8, 4) is 17.4 Å². The van der Waals surface area contributed by atoms with Crippen LogP contribution in [0.1, 0.15) is 11.3 Å². The van der Waals surface area contributed by atoms with Crippen molar-refractivity contribution in [2.24, 2.45) is 0 Å². The third-order valence-corrected chi connectivity index (χ3v) is 4.26. The van der Waals surface area contributed by atoms with Crippen LogP contribution >= 0.6 is 0 Å². The summed E-state index contributed by atoms with van der Waals surface area (Å²) in [4.78, 5) is 18.9. The number of nitrogens with one attached hydrogen (secondary N) is 1. The maximum absolute atomic E-state index is 14.3. The molecular formula is C19H14F4N4O3. The molecule has 30 heavy (non-hydrogen) atoms. The Hall–Kier alpha value is -3.63. The third-order valence-electron chi connectivity index (χ3n) is 4.26. The fraction of sp³-hybridized carbons (Fsp3) is 0.211. The molecule has 4 rings (SSSR count). The quantitative estimate of drug-likeness (QED) is 0.634. The van der Waals surface area contributed by atoms with Gasteiger partial charge in [0.05, 0.1) is 0 Å². The molecule has 0 bridgehead atoms. The van der Waals surface area contributed by atoms with E-state index in [1.54, 1.807) is 6.07 Å². The fourth-order valence-corrected chi connectivity index (χ4v) is 2.85. The number of pyridine rings is 1. The number of aromatic nitrogens is 3. The Bertz CT molecular complexity index is 1150. The maximum Gasteiger partial charge on any atom is 0.433 e. The molecule has 0 radical (unpaired) electrons. The van der Waals surface area contributed by atoms with Gasteiger partial charge in [-0.05, 0) is 23.8 Å². The van der Waals surface area contributed by atoms with Gasteiger partial charge >= 0.3 is 11.9 Å². The van der Waals surface area contributed by atoms with E-state index in [1.807, 2.05) is 0 Å². The van der Waals surface area contributed by atoms with Gasteiger partial charge in [-0.2, -0.15) is 18.2 Å². The van der Waals surface area contributed by atoms with Crippen LogP contribution in [0.25, 0.3) is 0 Å². The molecular weight excluding hydrogens is 408 g/mol. The molecule has 11 heteroatoms. The van der Waals surface area contributed by atoms with Crippen LogP contribution in [0.5, 0.6) is 17.4 Å². The zero-order chi connectivity index (χ0) is 21.3. The average Bonchev–Trinajstić information content (AvgIpc) is 3.17. The number of fused-ring (bicyclic) bond motifs is 1. The molecule has 0 aliphatic carbocycles. The number of hydrogen-bond acceptors (Lipinski definition) is 6. The van der Waals surface area contributed by atoms with Crippen LogP contribution in [-0.2, 0) is 19.3 Å². The van der Waals surface area contributed by atoms with Crippen LogP contribution in [-0.4, -0.2) is 21.1 Å². The van der Waals surface area contributed by atoms with E-state index in [9.17, 15) is 22.4 Å². The SMILES string of the molecule is O=c1nc(OCc2ccc(Oc3ccnc(C(F)(F)F)c3)c(F)c2)cc2n1CCN2. The van der Waals surface area contributed by atoms with Gasteiger partial charge in [-0.15, -0.1) is 0 Å². The molecule has 0 atom stereocenters. The maximum atomic E-state index is 14.3. The van der Waals surface area contributed by atoms with Crippen molar-refractivity contribution in [1.29, 1.82) is 0 Å². The van der Waals surface area contributed by atoms with Crippen molar-refractivity contribution in [3.63, 3.8) is 0 Å². The Labute approximate surface area is 166 Å². The Morgan fingerprint density at radius 2 is 2.00 bits per heavy atom. The predicted molar refractivity (Wildman–Crippen MR) is 97.0 cm³/mol. The highest BCUT2D eigenvalue weighted by Gasteiger charge is 2.32. The van der Waals surface area contributed by atoms with E-state index in [4.69, 9.17) is 9.47 Å². The normalized spacial score (nSPS) is 12.9. The smallest absolute Gasteiger partial charge is 0.433 e. The Morgan fingerprint density at radius 3 is 2.77 bits per heavy atom. The van der Waals surface area contributed by atoms with Crippen LogP contribution in [0.2, 0.25) is 0 Å². The molecule has 156 valence electrons. The van der Waals surface area contributed by atoms with Crippen molar-refractivity contribution in [2.45, 2.75) is 19.3 Å². The third kappa shape index (κ3) is 4.19. The molecule has 1 aromatic carbocycles. The van der Waals surface area contributed by atoms with Crippen molar-refractivity contribution in [1.82, 2.24) is 14.5 Å². The zero-order valence-corrected chi connectivity index (χ0v) is 15.2. The number of benzene rings is 1. The van der Waals surface area contributed by atoms with E-state index in [0.29, 0.717) is 30.5 Å². The molecule has 0 saturated heterocycles. The van der Waals surface area contributed by atoms with Gasteiger partial charge in [-0.25, -0.2) is 9.18 Å². The second-order valence-corrected chi connectivity index (χ2v) is 6.37. The number of halogens is 4. The number of ether oxygens (including phenoxy) is 2. The lowest BCUT2D eigenvalue weighted by molar-refractivity contribution is -0.141. The van der Waals surface area contributed by atoms with Gasteiger partial charge in [-0.1, -0.05) is 6.07 Å². The summed E-state index contributed by atoms with van der Waals surface area (Å²) < 4.78 is 64.7. The first-order valence-electron chi connectivity index (χ1n) is 8.78. The van der Waals surface area contributed by atoms with Crippen LogP contribution < -0.4 is 20.5 Å². The topological polar surface area (TPSA) is 78.3 Å². The number of rotatable bonds is 5. The van der Waals surface area contributed by atoms with Gasteiger partial charge in [0.2, 0.25) is 5.88 Å². The zero-order valence-electron chi connectivity index (χ0n) is 15.2. The standard InChI is InChI=1S/C19H14F4N4O3/c20-13-7-11(10-29-17-9-16-25-5-6-27(16)18(28)26-17)1-2-14(13)30-12-3-4-24-15(8-12)19(21,22)23/h1-4,7-9,25H,5-6,10H2. The first kappa shape index (κ1) is 19.7. The molecule has 2 aromatic heterocycles. The molecule has 0 spiro atoms.